The van der Waals surface area contributed by atoms with Crippen molar-refractivity contribution in [1.82, 2.24) is 14.8 Å². The summed E-state index contributed by atoms with van der Waals surface area (Å²) in [6.45, 7) is 5.79. The molecule has 1 saturated heterocycles. The lowest BCUT2D eigenvalue weighted by molar-refractivity contribution is -0.139. The van der Waals surface area contributed by atoms with Crippen LogP contribution in [0.2, 0.25) is 0 Å². The molecule has 25 heavy (non-hydrogen) atoms. The molecule has 2 heterocycles. The van der Waals surface area contributed by atoms with Crippen molar-refractivity contribution in [2.45, 2.75) is 19.6 Å². The van der Waals surface area contributed by atoms with E-state index >= 15 is 0 Å². The monoisotopic (exact) mass is 403 g/mol. The number of halogens is 1. The summed E-state index contributed by atoms with van der Waals surface area (Å²) in [4.78, 5) is 21.2. The number of pyridine rings is 1. The highest BCUT2D eigenvalue weighted by atomic mass is 79.9. The highest BCUT2D eigenvalue weighted by molar-refractivity contribution is 9.10. The van der Waals surface area contributed by atoms with Gasteiger partial charge in [-0.1, -0.05) is 22.0 Å². The lowest BCUT2D eigenvalue weighted by atomic mass is 10.2. The fraction of sp³-hybridized carbons (Fsp3) is 0.368. The summed E-state index contributed by atoms with van der Waals surface area (Å²) in [5.41, 5.74) is 1.06. The zero-order valence-corrected chi connectivity index (χ0v) is 15.9. The molecule has 0 bridgehead atoms. The molecule has 6 heteroatoms. The minimum absolute atomic E-state index is 0.0420. The first kappa shape index (κ1) is 17.9. The number of aromatic nitrogens is 1. The number of hydrogen-bond donors (Lipinski definition) is 0. The van der Waals surface area contributed by atoms with E-state index in [9.17, 15) is 4.79 Å². The van der Waals surface area contributed by atoms with Crippen LogP contribution in [0, 0.1) is 0 Å². The number of hydrogen-bond acceptors (Lipinski definition) is 4. The van der Waals surface area contributed by atoms with E-state index in [1.54, 1.807) is 0 Å². The van der Waals surface area contributed by atoms with E-state index < -0.39 is 6.10 Å². The van der Waals surface area contributed by atoms with Crippen molar-refractivity contribution in [1.29, 1.82) is 0 Å². The standard InChI is InChI=1S/C19H22BrN3O2/c1-15(25-18-7-5-16(20)6-8-18)19(24)23-12-10-22(11-13-23)14-17-4-2-3-9-21-17/h2-9,15H,10-14H2,1H3. The second-order valence-corrected chi connectivity index (χ2v) is 7.05. The van der Waals surface area contributed by atoms with E-state index in [1.165, 1.54) is 0 Å². The minimum Gasteiger partial charge on any atom is -0.481 e. The maximum absolute atomic E-state index is 12.6. The van der Waals surface area contributed by atoms with E-state index in [2.05, 4.69) is 25.8 Å². The Balaban J connectivity index is 1.48. The molecule has 2 aromatic rings. The van der Waals surface area contributed by atoms with Gasteiger partial charge in [0, 0.05) is 43.4 Å². The molecule has 1 aromatic carbocycles. The fourth-order valence-corrected chi connectivity index (χ4v) is 3.14. The van der Waals surface area contributed by atoms with Gasteiger partial charge in [-0.2, -0.15) is 0 Å². The van der Waals surface area contributed by atoms with Crippen LogP contribution in [0.1, 0.15) is 12.6 Å². The van der Waals surface area contributed by atoms with Gasteiger partial charge in [0.05, 0.1) is 5.69 Å². The molecule has 1 aromatic heterocycles. The molecule has 0 saturated carbocycles. The average Bonchev–Trinajstić information content (AvgIpc) is 2.64. The summed E-state index contributed by atoms with van der Waals surface area (Å²) in [5, 5.41) is 0. The first-order valence-electron chi connectivity index (χ1n) is 8.45. The van der Waals surface area contributed by atoms with Crippen molar-refractivity contribution in [2.75, 3.05) is 26.2 Å². The van der Waals surface area contributed by atoms with Gasteiger partial charge in [0.2, 0.25) is 0 Å². The Morgan fingerprint density at radius 1 is 1.16 bits per heavy atom. The highest BCUT2D eigenvalue weighted by Crippen LogP contribution is 2.18. The lowest BCUT2D eigenvalue weighted by Gasteiger charge is -2.35. The van der Waals surface area contributed by atoms with Gasteiger partial charge in [-0.05, 0) is 43.3 Å². The second kappa shape index (κ2) is 8.45. The van der Waals surface area contributed by atoms with Crippen molar-refractivity contribution in [3.8, 4) is 5.75 Å². The third-order valence-electron chi connectivity index (χ3n) is 4.27. The summed E-state index contributed by atoms with van der Waals surface area (Å²) in [5.74, 6) is 0.748. The van der Waals surface area contributed by atoms with Gasteiger partial charge < -0.3 is 9.64 Å². The third-order valence-corrected chi connectivity index (χ3v) is 4.80. The maximum Gasteiger partial charge on any atom is 0.263 e. The quantitative estimate of drug-likeness (QED) is 0.769. The molecule has 0 radical (unpaired) electrons. The van der Waals surface area contributed by atoms with Gasteiger partial charge in [-0.15, -0.1) is 0 Å². The van der Waals surface area contributed by atoms with E-state index in [-0.39, 0.29) is 5.91 Å². The van der Waals surface area contributed by atoms with Crippen molar-refractivity contribution in [2.24, 2.45) is 0 Å². The molecule has 1 unspecified atom stereocenters. The molecule has 1 aliphatic rings. The smallest absolute Gasteiger partial charge is 0.263 e. The van der Waals surface area contributed by atoms with Gasteiger partial charge in [0.1, 0.15) is 5.75 Å². The van der Waals surface area contributed by atoms with Gasteiger partial charge in [-0.3, -0.25) is 14.7 Å². The van der Waals surface area contributed by atoms with E-state index in [0.29, 0.717) is 5.75 Å². The Labute approximate surface area is 156 Å². The minimum atomic E-state index is -0.483. The van der Waals surface area contributed by atoms with Gasteiger partial charge in [0.15, 0.2) is 6.10 Å². The summed E-state index contributed by atoms with van der Waals surface area (Å²) in [6, 6.07) is 13.5. The maximum atomic E-state index is 12.6. The van der Waals surface area contributed by atoms with E-state index in [0.717, 1.165) is 42.9 Å². The molecular formula is C19H22BrN3O2. The molecule has 1 atom stereocenters. The Bertz CT molecular complexity index is 686. The molecule has 0 N–H and O–H groups in total. The van der Waals surface area contributed by atoms with Crippen LogP contribution < -0.4 is 4.74 Å². The molecule has 1 aliphatic heterocycles. The first-order valence-corrected chi connectivity index (χ1v) is 9.24. The number of nitrogens with zero attached hydrogens (tertiary/aromatic N) is 3. The summed E-state index contributed by atoms with van der Waals surface area (Å²) >= 11 is 3.39. The lowest BCUT2D eigenvalue weighted by Crippen LogP contribution is -2.51. The van der Waals surface area contributed by atoms with Crippen molar-refractivity contribution in [3.05, 3.63) is 58.8 Å². The summed E-state index contributed by atoms with van der Waals surface area (Å²) in [6.07, 6.45) is 1.33. The van der Waals surface area contributed by atoms with E-state index in [4.69, 9.17) is 4.74 Å². The van der Waals surface area contributed by atoms with Crippen molar-refractivity contribution < 1.29 is 9.53 Å². The number of amides is 1. The number of carbonyl (C=O) groups excluding carboxylic acids is 1. The van der Waals surface area contributed by atoms with E-state index in [1.807, 2.05) is 60.5 Å². The van der Waals surface area contributed by atoms with Crippen LogP contribution in [0.3, 0.4) is 0 Å². The first-order chi connectivity index (χ1) is 12.1. The average molecular weight is 404 g/mol. The normalized spacial score (nSPS) is 16.5. The second-order valence-electron chi connectivity index (χ2n) is 6.14. The summed E-state index contributed by atoms with van der Waals surface area (Å²) < 4.78 is 6.76. The van der Waals surface area contributed by atoms with Crippen LogP contribution in [0.5, 0.6) is 5.75 Å². The Hall–Kier alpha value is -1.92. The molecule has 1 fully saturated rings. The molecule has 5 nitrogen and oxygen atoms in total. The number of carbonyl (C=O) groups is 1. The Morgan fingerprint density at radius 3 is 2.52 bits per heavy atom. The van der Waals surface area contributed by atoms with Gasteiger partial charge in [0.25, 0.3) is 5.91 Å². The third kappa shape index (κ3) is 5.03. The van der Waals surface area contributed by atoms with Crippen LogP contribution >= 0.6 is 15.9 Å². The number of rotatable bonds is 5. The number of ether oxygens (including phenoxy) is 1. The van der Waals surface area contributed by atoms with Gasteiger partial charge in [-0.25, -0.2) is 0 Å². The number of benzene rings is 1. The predicted molar refractivity (Wildman–Crippen MR) is 100 cm³/mol. The topological polar surface area (TPSA) is 45.7 Å². The van der Waals surface area contributed by atoms with Crippen LogP contribution in [0.4, 0.5) is 0 Å². The zero-order valence-electron chi connectivity index (χ0n) is 14.3. The SMILES string of the molecule is CC(Oc1ccc(Br)cc1)C(=O)N1CCN(Cc2ccccn2)CC1. The van der Waals surface area contributed by atoms with Crippen LogP contribution in [0.15, 0.2) is 53.1 Å². The highest BCUT2D eigenvalue weighted by Gasteiger charge is 2.26. The number of piperazine rings is 1. The Kier molecular flexibility index (Phi) is 6.04. The van der Waals surface area contributed by atoms with Gasteiger partial charge >= 0.3 is 0 Å². The molecule has 132 valence electrons. The molecule has 3 rings (SSSR count). The molecule has 0 spiro atoms. The molecular weight excluding hydrogens is 382 g/mol. The predicted octanol–water partition coefficient (Wildman–Crippen LogP) is 2.96. The fourth-order valence-electron chi connectivity index (χ4n) is 2.87. The van der Waals surface area contributed by atoms with Crippen LogP contribution in [0.25, 0.3) is 0 Å². The molecule has 0 aliphatic carbocycles. The summed E-state index contributed by atoms with van der Waals surface area (Å²) in [7, 11) is 0. The van der Waals surface area contributed by atoms with Crippen molar-refractivity contribution >= 4 is 21.8 Å². The van der Waals surface area contributed by atoms with Crippen LogP contribution in [-0.2, 0) is 11.3 Å². The zero-order chi connectivity index (χ0) is 17.6. The largest absolute Gasteiger partial charge is 0.481 e. The Morgan fingerprint density at radius 2 is 1.88 bits per heavy atom. The van der Waals surface area contributed by atoms with Crippen molar-refractivity contribution in [3.63, 3.8) is 0 Å². The molecule has 1 amide bonds. The van der Waals surface area contributed by atoms with Crippen LogP contribution in [-0.4, -0.2) is 53.0 Å².